The van der Waals surface area contributed by atoms with Crippen molar-refractivity contribution in [3.63, 3.8) is 0 Å². The number of aryl methyl sites for hydroxylation is 1. The summed E-state index contributed by atoms with van der Waals surface area (Å²) in [6, 6.07) is 6.54. The van der Waals surface area contributed by atoms with E-state index >= 15 is 0 Å². The Labute approximate surface area is 151 Å². The van der Waals surface area contributed by atoms with Crippen LogP contribution in [0.25, 0.3) is 11.1 Å². The van der Waals surface area contributed by atoms with Gasteiger partial charge >= 0.3 is 5.76 Å². The van der Waals surface area contributed by atoms with E-state index in [4.69, 9.17) is 4.42 Å². The van der Waals surface area contributed by atoms with Crippen LogP contribution < -0.4 is 16.6 Å². The van der Waals surface area contributed by atoms with Gasteiger partial charge in [0.25, 0.3) is 11.2 Å². The van der Waals surface area contributed by atoms with Gasteiger partial charge in [0.2, 0.25) is 5.91 Å². The molecule has 3 aromatic rings. The van der Waals surface area contributed by atoms with Crippen LogP contribution in [0.4, 0.5) is 11.4 Å². The number of benzene rings is 1. The number of anilines is 1. The van der Waals surface area contributed by atoms with Crippen LogP contribution in [-0.2, 0) is 17.9 Å². The Bertz CT molecular complexity index is 1140. The number of carbonyl (C=O) groups is 1. The Morgan fingerprint density at radius 2 is 2.04 bits per heavy atom. The monoisotopic (exact) mass is 372 g/mol. The van der Waals surface area contributed by atoms with Gasteiger partial charge in [-0.1, -0.05) is 6.92 Å². The minimum atomic E-state index is -0.795. The fraction of sp³-hybridized carbons (Fsp3) is 0.235. The Kier molecular flexibility index (Phi) is 4.88. The van der Waals surface area contributed by atoms with Crippen LogP contribution in [0.3, 0.4) is 0 Å². The van der Waals surface area contributed by atoms with Crippen molar-refractivity contribution in [1.29, 1.82) is 0 Å². The molecular weight excluding hydrogens is 356 g/mol. The lowest BCUT2D eigenvalue weighted by Crippen LogP contribution is -2.26. The van der Waals surface area contributed by atoms with Gasteiger partial charge in [0.1, 0.15) is 6.54 Å². The number of oxazole rings is 1. The van der Waals surface area contributed by atoms with Crippen molar-refractivity contribution in [2.75, 3.05) is 5.32 Å². The summed E-state index contributed by atoms with van der Waals surface area (Å²) in [6.45, 7) is 2.11. The molecule has 0 unspecified atom stereocenters. The van der Waals surface area contributed by atoms with Crippen molar-refractivity contribution >= 4 is 28.4 Å². The fourth-order valence-corrected chi connectivity index (χ4v) is 2.68. The van der Waals surface area contributed by atoms with E-state index in [1.165, 1.54) is 35.0 Å². The van der Waals surface area contributed by atoms with Crippen molar-refractivity contribution in [1.82, 2.24) is 9.13 Å². The number of amides is 1. The summed E-state index contributed by atoms with van der Waals surface area (Å²) in [5, 5.41) is 13.4. The van der Waals surface area contributed by atoms with Gasteiger partial charge in [-0.25, -0.2) is 4.79 Å². The van der Waals surface area contributed by atoms with E-state index in [1.54, 1.807) is 0 Å². The molecule has 0 spiro atoms. The minimum absolute atomic E-state index is 0.0264. The first-order valence-corrected chi connectivity index (χ1v) is 8.17. The molecule has 0 saturated heterocycles. The number of nitro benzene ring substituents is 1. The van der Waals surface area contributed by atoms with E-state index in [1.807, 2.05) is 6.92 Å². The van der Waals surface area contributed by atoms with Crippen molar-refractivity contribution in [2.45, 2.75) is 26.4 Å². The largest absolute Gasteiger partial charge is 0.420 e. The number of hydrogen-bond acceptors (Lipinski definition) is 6. The third kappa shape index (κ3) is 3.78. The lowest BCUT2D eigenvalue weighted by Gasteiger charge is -2.09. The van der Waals surface area contributed by atoms with Crippen LogP contribution in [0.1, 0.15) is 13.3 Å². The standard InChI is InChI=1S/C17H16N4O6/c1-2-7-19-9-11(3-6-16(19)23)18-15(22)10-20-13-5-4-12(21(25)26)8-14(13)27-17(20)24/h3-6,8-9H,2,7,10H2,1H3,(H,18,22). The fourth-order valence-electron chi connectivity index (χ4n) is 2.68. The van der Waals surface area contributed by atoms with Gasteiger partial charge in [-0.15, -0.1) is 0 Å². The summed E-state index contributed by atoms with van der Waals surface area (Å²) in [5.41, 5.74) is 0.333. The molecule has 1 N–H and O–H groups in total. The maximum absolute atomic E-state index is 12.3. The molecule has 0 atom stereocenters. The number of nitrogens with one attached hydrogen (secondary N) is 1. The SMILES string of the molecule is CCCn1cc(NC(=O)Cn2c(=O)oc3cc([N+](=O)[O-])ccc32)ccc1=O. The van der Waals surface area contributed by atoms with Crippen molar-refractivity contribution in [3.8, 4) is 0 Å². The Morgan fingerprint density at radius 1 is 1.26 bits per heavy atom. The molecule has 0 aliphatic carbocycles. The van der Waals surface area contributed by atoms with Crippen LogP contribution in [0.5, 0.6) is 0 Å². The van der Waals surface area contributed by atoms with Crippen LogP contribution in [0.15, 0.2) is 50.5 Å². The maximum Gasteiger partial charge on any atom is 0.420 e. The van der Waals surface area contributed by atoms with Gasteiger partial charge < -0.3 is 14.3 Å². The van der Waals surface area contributed by atoms with Gasteiger partial charge in [0.05, 0.1) is 22.2 Å². The van der Waals surface area contributed by atoms with E-state index < -0.39 is 16.6 Å². The summed E-state index contributed by atoms with van der Waals surface area (Å²) in [4.78, 5) is 46.2. The highest BCUT2D eigenvalue weighted by Crippen LogP contribution is 2.20. The number of nitro groups is 1. The molecule has 2 heterocycles. The van der Waals surface area contributed by atoms with Gasteiger partial charge in [-0.2, -0.15) is 0 Å². The number of hydrogen-bond donors (Lipinski definition) is 1. The number of nitrogens with zero attached hydrogens (tertiary/aromatic N) is 3. The molecular formula is C17H16N4O6. The van der Waals surface area contributed by atoms with Gasteiger partial charge in [0, 0.05) is 24.9 Å². The number of non-ortho nitro benzene ring substituents is 1. The predicted octanol–water partition coefficient (Wildman–Crippen LogP) is 1.71. The van der Waals surface area contributed by atoms with Crippen molar-refractivity contribution in [3.05, 3.63) is 67.5 Å². The van der Waals surface area contributed by atoms with Gasteiger partial charge in [0.15, 0.2) is 5.58 Å². The summed E-state index contributed by atoms with van der Waals surface area (Å²) in [7, 11) is 0. The topological polar surface area (TPSA) is 129 Å². The molecule has 2 aromatic heterocycles. The second-order valence-electron chi connectivity index (χ2n) is 5.86. The maximum atomic E-state index is 12.3. The molecule has 10 nitrogen and oxygen atoms in total. The molecule has 0 fully saturated rings. The molecule has 3 rings (SSSR count). The van der Waals surface area contributed by atoms with Crippen LogP contribution in [0.2, 0.25) is 0 Å². The molecule has 1 aromatic carbocycles. The van der Waals surface area contributed by atoms with Crippen LogP contribution in [0, 0.1) is 10.1 Å². The molecule has 0 aliphatic rings. The minimum Gasteiger partial charge on any atom is -0.407 e. The molecule has 27 heavy (non-hydrogen) atoms. The third-order valence-corrected chi connectivity index (χ3v) is 3.90. The van der Waals surface area contributed by atoms with E-state index in [9.17, 15) is 24.5 Å². The Hall–Kier alpha value is -3.69. The van der Waals surface area contributed by atoms with Gasteiger partial charge in [-0.05, 0) is 18.6 Å². The van der Waals surface area contributed by atoms with E-state index in [-0.39, 0.29) is 28.9 Å². The number of aromatic nitrogens is 2. The molecule has 0 bridgehead atoms. The first-order valence-electron chi connectivity index (χ1n) is 8.17. The molecule has 0 radical (unpaired) electrons. The molecule has 10 heteroatoms. The summed E-state index contributed by atoms with van der Waals surface area (Å²) in [6.07, 6.45) is 2.29. The van der Waals surface area contributed by atoms with E-state index in [2.05, 4.69) is 5.32 Å². The highest BCUT2D eigenvalue weighted by atomic mass is 16.6. The summed E-state index contributed by atoms with van der Waals surface area (Å²) in [5.74, 6) is -1.29. The number of pyridine rings is 1. The average Bonchev–Trinajstić information content (AvgIpc) is 2.92. The Morgan fingerprint density at radius 3 is 2.74 bits per heavy atom. The van der Waals surface area contributed by atoms with Crippen molar-refractivity contribution in [2.24, 2.45) is 0 Å². The smallest absolute Gasteiger partial charge is 0.407 e. The number of carbonyl (C=O) groups excluding carboxylic acids is 1. The highest BCUT2D eigenvalue weighted by molar-refractivity contribution is 5.91. The average molecular weight is 372 g/mol. The van der Waals surface area contributed by atoms with Gasteiger partial charge in [-0.3, -0.25) is 24.3 Å². The van der Waals surface area contributed by atoms with Crippen molar-refractivity contribution < 1.29 is 14.1 Å². The second-order valence-corrected chi connectivity index (χ2v) is 5.86. The molecule has 0 saturated carbocycles. The van der Waals surface area contributed by atoms with E-state index in [0.717, 1.165) is 17.1 Å². The highest BCUT2D eigenvalue weighted by Gasteiger charge is 2.16. The Balaban J connectivity index is 1.83. The predicted molar refractivity (Wildman–Crippen MR) is 96.8 cm³/mol. The molecule has 0 aliphatic heterocycles. The summed E-state index contributed by atoms with van der Waals surface area (Å²) < 4.78 is 7.55. The normalized spacial score (nSPS) is 10.9. The zero-order chi connectivity index (χ0) is 19.6. The van der Waals surface area contributed by atoms with Crippen LogP contribution in [-0.4, -0.2) is 20.0 Å². The van der Waals surface area contributed by atoms with E-state index in [0.29, 0.717) is 12.2 Å². The number of rotatable bonds is 6. The zero-order valence-corrected chi connectivity index (χ0v) is 14.4. The molecule has 1 amide bonds. The lowest BCUT2D eigenvalue weighted by molar-refractivity contribution is -0.384. The third-order valence-electron chi connectivity index (χ3n) is 3.90. The quantitative estimate of drug-likeness (QED) is 0.518. The second kappa shape index (κ2) is 7.28. The number of fused-ring (bicyclic) bond motifs is 1. The first kappa shape index (κ1) is 18.1. The zero-order valence-electron chi connectivity index (χ0n) is 14.4. The molecule has 140 valence electrons. The van der Waals surface area contributed by atoms with Crippen LogP contribution >= 0.6 is 0 Å². The first-order chi connectivity index (χ1) is 12.9. The summed E-state index contributed by atoms with van der Waals surface area (Å²) >= 11 is 0. The lowest BCUT2D eigenvalue weighted by atomic mass is 10.3.